The van der Waals surface area contributed by atoms with Gasteiger partial charge in [-0.1, -0.05) is 41.5 Å². The largest absolute Gasteiger partial charge is 0.361 e. The summed E-state index contributed by atoms with van der Waals surface area (Å²) in [6.07, 6.45) is 0. The molecule has 2 heteroatoms. The zero-order valence-corrected chi connectivity index (χ0v) is 9.75. The highest BCUT2D eigenvalue weighted by atomic mass is 31.1. The molecule has 1 nitrogen and oxygen atoms in total. The summed E-state index contributed by atoms with van der Waals surface area (Å²) in [6, 6.07) is 0. The first kappa shape index (κ1) is 11.4. The molecule has 0 heterocycles. The lowest BCUT2D eigenvalue weighted by Gasteiger charge is -2.38. The van der Waals surface area contributed by atoms with Crippen LogP contribution in [0.3, 0.4) is 0 Å². The van der Waals surface area contributed by atoms with Gasteiger partial charge in [0.15, 0.2) is 0 Å². The van der Waals surface area contributed by atoms with Crippen LogP contribution >= 0.6 is 8.15 Å². The first-order valence-electron chi connectivity index (χ1n) is 4.04. The van der Waals surface area contributed by atoms with Crippen molar-refractivity contribution in [3.8, 4) is 0 Å². The molecule has 0 aliphatic rings. The van der Waals surface area contributed by atoms with Crippen LogP contribution in [0.15, 0.2) is 0 Å². The number of hydrogen-bond donors (Lipinski definition) is 0. The van der Waals surface area contributed by atoms with Crippen molar-refractivity contribution < 1.29 is 4.52 Å². The van der Waals surface area contributed by atoms with Crippen molar-refractivity contribution in [2.75, 3.05) is 7.11 Å². The van der Waals surface area contributed by atoms with Crippen LogP contribution in [-0.4, -0.2) is 17.4 Å². The minimum atomic E-state index is -0.341. The Labute approximate surface area is 72.4 Å². The van der Waals surface area contributed by atoms with Crippen LogP contribution in [0.25, 0.3) is 0 Å². The smallest absolute Gasteiger partial charge is 0.0398 e. The summed E-state index contributed by atoms with van der Waals surface area (Å²) in [5, 5.41) is 0.588. The van der Waals surface area contributed by atoms with Crippen molar-refractivity contribution in [1.82, 2.24) is 0 Å². The van der Waals surface area contributed by atoms with Crippen LogP contribution in [0.2, 0.25) is 0 Å². The van der Waals surface area contributed by atoms with Gasteiger partial charge in [-0.3, -0.25) is 0 Å². The summed E-state index contributed by atoms with van der Waals surface area (Å²) in [6.45, 7) is 13.5. The van der Waals surface area contributed by atoms with Gasteiger partial charge < -0.3 is 4.52 Å². The molecule has 0 fully saturated rings. The van der Waals surface area contributed by atoms with Gasteiger partial charge in [-0.15, -0.1) is 0 Å². The fraction of sp³-hybridized carbons (Fsp3) is 1.00. The molecular formula is C9H21OP. The maximum atomic E-state index is 5.54. The van der Waals surface area contributed by atoms with E-state index in [4.69, 9.17) is 4.52 Å². The minimum Gasteiger partial charge on any atom is -0.361 e. The average Bonchev–Trinajstić information content (AvgIpc) is 1.56. The van der Waals surface area contributed by atoms with E-state index in [1.54, 1.807) is 0 Å². The molecule has 0 bridgehead atoms. The Kier molecular flexibility index (Phi) is 3.53. The second-order valence-corrected chi connectivity index (χ2v) is 8.46. The van der Waals surface area contributed by atoms with E-state index in [9.17, 15) is 0 Å². The van der Waals surface area contributed by atoms with Gasteiger partial charge in [-0.2, -0.15) is 0 Å². The molecule has 0 spiro atoms. The quantitative estimate of drug-likeness (QED) is 0.554. The van der Waals surface area contributed by atoms with Gasteiger partial charge >= 0.3 is 0 Å². The lowest BCUT2D eigenvalue weighted by atomic mass is 10.2. The molecule has 0 amide bonds. The summed E-state index contributed by atoms with van der Waals surface area (Å²) in [7, 11) is 1.48. The molecule has 0 saturated heterocycles. The van der Waals surface area contributed by atoms with Gasteiger partial charge in [-0.25, -0.2) is 0 Å². The van der Waals surface area contributed by atoms with E-state index in [-0.39, 0.29) is 8.15 Å². The summed E-state index contributed by atoms with van der Waals surface area (Å²) < 4.78 is 5.54. The van der Waals surface area contributed by atoms with Gasteiger partial charge in [0, 0.05) is 25.6 Å². The number of rotatable bonds is 1. The van der Waals surface area contributed by atoms with Crippen molar-refractivity contribution in [2.24, 2.45) is 0 Å². The third-order valence-electron chi connectivity index (χ3n) is 1.40. The predicted molar refractivity (Wildman–Crippen MR) is 53.4 cm³/mol. The molecule has 0 saturated carbocycles. The summed E-state index contributed by atoms with van der Waals surface area (Å²) in [5.41, 5.74) is 0. The lowest BCUT2D eigenvalue weighted by Crippen LogP contribution is -2.25. The van der Waals surface area contributed by atoms with Crippen LogP contribution in [0.1, 0.15) is 41.5 Å². The van der Waals surface area contributed by atoms with Gasteiger partial charge in [0.25, 0.3) is 0 Å². The van der Waals surface area contributed by atoms with E-state index in [1.807, 2.05) is 7.11 Å². The lowest BCUT2D eigenvalue weighted by molar-refractivity contribution is 0.419. The van der Waals surface area contributed by atoms with Crippen molar-refractivity contribution in [3.63, 3.8) is 0 Å². The van der Waals surface area contributed by atoms with Gasteiger partial charge in [0.05, 0.1) is 0 Å². The maximum Gasteiger partial charge on any atom is 0.0398 e. The Bertz CT molecular complexity index is 105. The molecule has 11 heavy (non-hydrogen) atoms. The first-order valence-corrected chi connectivity index (χ1v) is 5.30. The molecule has 0 aliphatic carbocycles. The van der Waals surface area contributed by atoms with E-state index >= 15 is 0 Å². The molecule has 0 radical (unpaired) electrons. The van der Waals surface area contributed by atoms with E-state index in [2.05, 4.69) is 41.5 Å². The SMILES string of the molecule is COP(C(C)(C)C)C(C)(C)C. The van der Waals surface area contributed by atoms with Crippen molar-refractivity contribution in [1.29, 1.82) is 0 Å². The van der Waals surface area contributed by atoms with Crippen molar-refractivity contribution in [3.05, 3.63) is 0 Å². The van der Waals surface area contributed by atoms with Gasteiger partial charge in [-0.05, 0) is 0 Å². The molecule has 0 aliphatic heterocycles. The van der Waals surface area contributed by atoms with E-state index in [0.29, 0.717) is 10.3 Å². The highest BCUT2D eigenvalue weighted by Crippen LogP contribution is 2.59. The molecular weight excluding hydrogens is 155 g/mol. The van der Waals surface area contributed by atoms with E-state index in [1.165, 1.54) is 0 Å². The molecule has 0 aromatic heterocycles. The summed E-state index contributed by atoms with van der Waals surface area (Å²) in [4.78, 5) is 0. The minimum absolute atomic E-state index is 0.294. The zero-order chi connectivity index (χ0) is 9.28. The second-order valence-electron chi connectivity index (χ2n) is 4.82. The van der Waals surface area contributed by atoms with Gasteiger partial charge in [0.1, 0.15) is 0 Å². The average molecular weight is 176 g/mol. The normalized spacial score (nSPS) is 14.2. The Hall–Kier alpha value is 0.390. The van der Waals surface area contributed by atoms with E-state index < -0.39 is 0 Å². The standard InChI is InChI=1S/C9H21OP/c1-8(2,3)11(10-7)9(4,5)6/h1-7H3. The van der Waals surface area contributed by atoms with Crippen molar-refractivity contribution >= 4 is 8.15 Å². The number of hydrogen-bond acceptors (Lipinski definition) is 1. The highest BCUT2D eigenvalue weighted by molar-refractivity contribution is 7.55. The Morgan fingerprint density at radius 3 is 1.09 bits per heavy atom. The van der Waals surface area contributed by atoms with Crippen molar-refractivity contribution in [2.45, 2.75) is 51.9 Å². The Morgan fingerprint density at radius 1 is 0.818 bits per heavy atom. The molecule has 0 rings (SSSR count). The monoisotopic (exact) mass is 176 g/mol. The highest BCUT2D eigenvalue weighted by Gasteiger charge is 2.34. The van der Waals surface area contributed by atoms with Crippen LogP contribution in [0.4, 0.5) is 0 Å². The maximum absolute atomic E-state index is 5.54. The third kappa shape index (κ3) is 3.53. The summed E-state index contributed by atoms with van der Waals surface area (Å²) >= 11 is 0. The van der Waals surface area contributed by atoms with Crippen LogP contribution in [0.5, 0.6) is 0 Å². The Balaban J connectivity index is 4.43. The molecule has 0 atom stereocenters. The van der Waals surface area contributed by atoms with Crippen LogP contribution in [-0.2, 0) is 4.52 Å². The fourth-order valence-electron chi connectivity index (χ4n) is 1.55. The van der Waals surface area contributed by atoms with Crippen LogP contribution in [0, 0.1) is 0 Å². The predicted octanol–water partition coefficient (Wildman–Crippen LogP) is 3.63. The van der Waals surface area contributed by atoms with E-state index in [0.717, 1.165) is 0 Å². The molecule has 0 aromatic carbocycles. The third-order valence-corrected chi connectivity index (χ3v) is 4.20. The molecule has 0 unspecified atom stereocenters. The van der Waals surface area contributed by atoms with Gasteiger partial charge in [0.2, 0.25) is 0 Å². The Morgan fingerprint density at radius 2 is 1.09 bits per heavy atom. The molecule has 0 N–H and O–H groups in total. The zero-order valence-electron chi connectivity index (χ0n) is 8.86. The first-order chi connectivity index (χ1) is 4.69. The fourth-order valence-corrected chi connectivity index (χ4v) is 4.66. The molecule has 0 aromatic rings. The van der Waals surface area contributed by atoms with Crippen LogP contribution < -0.4 is 0 Å². The summed E-state index contributed by atoms with van der Waals surface area (Å²) in [5.74, 6) is 0. The topological polar surface area (TPSA) is 9.23 Å². The molecule has 68 valence electrons. The second kappa shape index (κ2) is 3.41.